The molecule has 0 bridgehead atoms. The first-order chi connectivity index (χ1) is 17.7. The van der Waals surface area contributed by atoms with E-state index >= 15 is 0 Å². The Kier molecular flexibility index (Phi) is 9.24. The van der Waals surface area contributed by atoms with E-state index in [0.29, 0.717) is 11.3 Å². The van der Waals surface area contributed by atoms with Crippen LogP contribution in [0.25, 0.3) is 0 Å². The van der Waals surface area contributed by atoms with Gasteiger partial charge in [-0.25, -0.2) is 12.8 Å². The highest BCUT2D eigenvalue weighted by atomic mass is 32.2. The summed E-state index contributed by atoms with van der Waals surface area (Å²) in [6, 6.07) is 18.9. The van der Waals surface area contributed by atoms with Crippen LogP contribution in [0.2, 0.25) is 0 Å². The summed E-state index contributed by atoms with van der Waals surface area (Å²) < 4.78 is 48.0. The van der Waals surface area contributed by atoms with Crippen molar-refractivity contribution in [1.82, 2.24) is 10.2 Å². The van der Waals surface area contributed by atoms with Gasteiger partial charge in [-0.05, 0) is 48.4 Å². The Balaban J connectivity index is 2.05. The Morgan fingerprint density at radius 1 is 0.973 bits per heavy atom. The van der Waals surface area contributed by atoms with Crippen LogP contribution in [0.3, 0.4) is 0 Å². The predicted octanol–water partition coefficient (Wildman–Crippen LogP) is 3.58. The minimum Gasteiger partial charge on any atom is -0.497 e. The number of ether oxygens (including phenoxy) is 1. The molecule has 0 heterocycles. The molecule has 0 aromatic heterocycles. The van der Waals surface area contributed by atoms with Crippen LogP contribution in [0, 0.1) is 5.82 Å². The molecule has 0 aliphatic heterocycles. The first-order valence-corrected chi connectivity index (χ1v) is 13.1. The summed E-state index contributed by atoms with van der Waals surface area (Å²) in [6.45, 7) is 1.08. The van der Waals surface area contributed by atoms with E-state index in [1.807, 2.05) is 0 Å². The molecular weight excluding hydrogens is 497 g/mol. The molecule has 1 atom stereocenters. The standard InChI is InChI=1S/C27H30FN3O5S/c1-4-24(27(33)29-2)30(18-20-14-16-21(36-3)17-15-20)26(32)19-31(25-13-9-8-12-23(25)28)37(34,35)22-10-6-5-7-11-22/h5-17,24H,4,18-19H2,1-3H3,(H,29,33). The van der Waals surface area contributed by atoms with Crippen molar-refractivity contribution in [2.45, 2.75) is 30.8 Å². The second-order valence-electron chi connectivity index (χ2n) is 8.18. The van der Waals surface area contributed by atoms with Gasteiger partial charge in [-0.15, -0.1) is 0 Å². The van der Waals surface area contributed by atoms with Crippen molar-refractivity contribution in [2.24, 2.45) is 0 Å². The largest absolute Gasteiger partial charge is 0.497 e. The fourth-order valence-corrected chi connectivity index (χ4v) is 5.34. The van der Waals surface area contributed by atoms with Crippen LogP contribution in [0.1, 0.15) is 18.9 Å². The van der Waals surface area contributed by atoms with Crippen LogP contribution in [0.5, 0.6) is 5.75 Å². The highest BCUT2D eigenvalue weighted by Gasteiger charge is 2.34. The van der Waals surface area contributed by atoms with Gasteiger partial charge in [0, 0.05) is 13.6 Å². The summed E-state index contributed by atoms with van der Waals surface area (Å²) in [5.41, 5.74) is 0.442. The van der Waals surface area contributed by atoms with Crippen LogP contribution in [0.15, 0.2) is 83.8 Å². The first kappa shape index (κ1) is 27.7. The van der Waals surface area contributed by atoms with E-state index < -0.39 is 40.2 Å². The van der Waals surface area contributed by atoms with E-state index in [1.54, 1.807) is 49.4 Å². The van der Waals surface area contributed by atoms with Crippen molar-refractivity contribution in [2.75, 3.05) is 25.0 Å². The number of amides is 2. The minimum absolute atomic E-state index is 0.0330. The van der Waals surface area contributed by atoms with Crippen LogP contribution < -0.4 is 14.4 Å². The third-order valence-electron chi connectivity index (χ3n) is 5.88. The summed E-state index contributed by atoms with van der Waals surface area (Å²) in [4.78, 5) is 27.7. The van der Waals surface area contributed by atoms with E-state index in [9.17, 15) is 22.4 Å². The maximum Gasteiger partial charge on any atom is 0.264 e. The summed E-state index contributed by atoms with van der Waals surface area (Å²) in [5.74, 6) is -1.23. The van der Waals surface area contributed by atoms with Crippen molar-refractivity contribution in [3.8, 4) is 5.75 Å². The molecule has 37 heavy (non-hydrogen) atoms. The van der Waals surface area contributed by atoms with Gasteiger partial charge in [0.2, 0.25) is 11.8 Å². The van der Waals surface area contributed by atoms with Crippen molar-refractivity contribution < 1.29 is 27.1 Å². The summed E-state index contributed by atoms with van der Waals surface area (Å²) in [7, 11) is -1.32. The number of hydrogen-bond donors (Lipinski definition) is 1. The zero-order chi connectivity index (χ0) is 27.0. The Labute approximate surface area is 216 Å². The maximum atomic E-state index is 14.9. The summed E-state index contributed by atoms with van der Waals surface area (Å²) in [6.07, 6.45) is 0.284. The molecule has 3 aromatic carbocycles. The Bertz CT molecular complexity index is 1320. The number of carbonyl (C=O) groups excluding carboxylic acids is 2. The van der Waals surface area contributed by atoms with Crippen LogP contribution in [-0.4, -0.2) is 51.9 Å². The molecule has 1 N–H and O–H groups in total. The number of nitrogens with one attached hydrogen (secondary N) is 1. The Hall–Kier alpha value is -3.92. The number of halogens is 1. The number of likely N-dealkylation sites (N-methyl/N-ethyl adjacent to an activating group) is 1. The molecule has 0 fully saturated rings. The van der Waals surface area contributed by atoms with Gasteiger partial charge in [0.25, 0.3) is 10.0 Å². The molecule has 0 saturated carbocycles. The summed E-state index contributed by atoms with van der Waals surface area (Å²) in [5, 5.41) is 2.56. The monoisotopic (exact) mass is 527 g/mol. The fourth-order valence-electron chi connectivity index (χ4n) is 3.90. The smallest absolute Gasteiger partial charge is 0.264 e. The highest BCUT2D eigenvalue weighted by Crippen LogP contribution is 2.27. The topological polar surface area (TPSA) is 96.0 Å². The first-order valence-electron chi connectivity index (χ1n) is 11.7. The van der Waals surface area contributed by atoms with E-state index in [-0.39, 0.29) is 23.5 Å². The molecule has 1 unspecified atom stereocenters. The number of rotatable bonds is 11. The van der Waals surface area contributed by atoms with Crippen LogP contribution >= 0.6 is 0 Å². The molecular formula is C27H30FN3O5S. The maximum absolute atomic E-state index is 14.9. The average molecular weight is 528 g/mol. The number of benzene rings is 3. The van der Waals surface area contributed by atoms with Crippen molar-refractivity contribution in [3.05, 3.63) is 90.2 Å². The number of hydrogen-bond acceptors (Lipinski definition) is 5. The van der Waals surface area contributed by atoms with Crippen molar-refractivity contribution >= 4 is 27.5 Å². The molecule has 0 spiro atoms. The fraction of sp³-hybridized carbons (Fsp3) is 0.259. The molecule has 196 valence electrons. The van der Waals surface area contributed by atoms with Gasteiger partial charge >= 0.3 is 0 Å². The van der Waals surface area contributed by atoms with E-state index in [2.05, 4.69) is 5.32 Å². The Morgan fingerprint density at radius 3 is 2.16 bits per heavy atom. The van der Waals surface area contributed by atoms with Crippen molar-refractivity contribution in [1.29, 1.82) is 0 Å². The predicted molar refractivity (Wildman–Crippen MR) is 139 cm³/mol. The molecule has 0 saturated heterocycles. The van der Waals surface area contributed by atoms with E-state index in [0.717, 1.165) is 10.4 Å². The zero-order valence-electron chi connectivity index (χ0n) is 20.9. The van der Waals surface area contributed by atoms with Gasteiger partial charge in [-0.3, -0.25) is 13.9 Å². The molecule has 2 amide bonds. The van der Waals surface area contributed by atoms with Gasteiger partial charge in [0.05, 0.1) is 17.7 Å². The lowest BCUT2D eigenvalue weighted by Crippen LogP contribution is -2.51. The lowest BCUT2D eigenvalue weighted by molar-refractivity contribution is -0.140. The van der Waals surface area contributed by atoms with Gasteiger partial charge in [-0.1, -0.05) is 49.4 Å². The lowest BCUT2D eigenvalue weighted by atomic mass is 10.1. The second-order valence-corrected chi connectivity index (χ2v) is 10.0. The molecule has 0 radical (unpaired) electrons. The molecule has 0 aliphatic rings. The van der Waals surface area contributed by atoms with Gasteiger partial charge in [-0.2, -0.15) is 0 Å². The number of anilines is 1. The highest BCUT2D eigenvalue weighted by molar-refractivity contribution is 7.92. The molecule has 3 rings (SSSR count). The average Bonchev–Trinajstić information content (AvgIpc) is 2.92. The number of para-hydroxylation sites is 1. The van der Waals surface area contributed by atoms with Gasteiger partial charge in [0.1, 0.15) is 24.2 Å². The quantitative estimate of drug-likeness (QED) is 0.411. The zero-order valence-corrected chi connectivity index (χ0v) is 21.7. The van der Waals surface area contributed by atoms with E-state index in [4.69, 9.17) is 4.74 Å². The number of nitrogens with zero attached hydrogens (tertiary/aromatic N) is 2. The minimum atomic E-state index is -4.32. The normalized spacial score (nSPS) is 11.9. The van der Waals surface area contributed by atoms with Gasteiger partial charge < -0.3 is 15.0 Å². The third-order valence-corrected chi connectivity index (χ3v) is 7.65. The van der Waals surface area contributed by atoms with E-state index in [1.165, 1.54) is 49.4 Å². The van der Waals surface area contributed by atoms with Crippen LogP contribution in [0.4, 0.5) is 10.1 Å². The van der Waals surface area contributed by atoms with Gasteiger partial charge in [0.15, 0.2) is 0 Å². The molecule has 8 nitrogen and oxygen atoms in total. The SMILES string of the molecule is CCC(C(=O)NC)N(Cc1ccc(OC)cc1)C(=O)CN(c1ccccc1F)S(=O)(=O)c1ccccc1. The van der Waals surface area contributed by atoms with Crippen LogP contribution in [-0.2, 0) is 26.2 Å². The molecule has 3 aromatic rings. The lowest BCUT2D eigenvalue weighted by Gasteiger charge is -2.33. The molecule has 10 heteroatoms. The number of sulfonamides is 1. The second kappa shape index (κ2) is 12.4. The summed E-state index contributed by atoms with van der Waals surface area (Å²) >= 11 is 0. The number of carbonyl (C=O) groups is 2. The molecule has 0 aliphatic carbocycles. The van der Waals surface area contributed by atoms with Crippen molar-refractivity contribution in [3.63, 3.8) is 0 Å². The Morgan fingerprint density at radius 2 is 1.59 bits per heavy atom. The number of methoxy groups -OCH3 is 1. The third kappa shape index (κ3) is 6.45.